The van der Waals surface area contributed by atoms with Crippen LogP contribution in [-0.4, -0.2) is 36.3 Å². The van der Waals surface area contributed by atoms with E-state index in [1.807, 2.05) is 54.7 Å². The topological polar surface area (TPSA) is 49.5 Å². The van der Waals surface area contributed by atoms with E-state index in [2.05, 4.69) is 5.16 Å². The van der Waals surface area contributed by atoms with Crippen LogP contribution in [0.3, 0.4) is 0 Å². The maximum atomic E-state index is 8.63. The minimum Gasteiger partial charge on any atom is -1.00 e. The first-order valence-corrected chi connectivity index (χ1v) is 5.86. The van der Waals surface area contributed by atoms with E-state index >= 15 is 0 Å². The van der Waals surface area contributed by atoms with Gasteiger partial charge in [-0.05, 0) is 5.56 Å². The average Bonchev–Trinajstić information content (AvgIpc) is 2.73. The molecule has 0 radical (unpaired) electrons. The molecule has 1 aromatic rings. The van der Waals surface area contributed by atoms with Gasteiger partial charge >= 0.3 is 0 Å². The van der Waals surface area contributed by atoms with Crippen molar-refractivity contribution in [1.29, 1.82) is 0 Å². The van der Waals surface area contributed by atoms with Crippen LogP contribution in [0.1, 0.15) is 5.56 Å². The van der Waals surface area contributed by atoms with Crippen LogP contribution in [0.25, 0.3) is 0 Å². The van der Waals surface area contributed by atoms with E-state index in [1.54, 1.807) is 0 Å². The van der Waals surface area contributed by atoms with Gasteiger partial charge in [-0.25, -0.2) is 0 Å². The first-order valence-electron chi connectivity index (χ1n) is 5.86. The Hall–Kier alpha value is -1.56. The number of halogens is 1. The van der Waals surface area contributed by atoms with Crippen LogP contribution in [0, 0.1) is 0 Å². The van der Waals surface area contributed by atoms with Crippen molar-refractivity contribution in [3.63, 3.8) is 0 Å². The van der Waals surface area contributed by atoms with E-state index in [9.17, 15) is 0 Å². The number of oxime groups is 1. The van der Waals surface area contributed by atoms with Gasteiger partial charge in [0.05, 0.1) is 12.8 Å². The standard InChI is InChI=1S/C13H17N3O2.ClH/c1-15-7-8-16(13(15)9-14-17)11-18-10-12-5-3-2-4-6-12;/h2-9,13,17H,10-11H2,1H3;1H/b14-9-;. The molecular weight excluding hydrogens is 266 g/mol. The molecule has 2 N–H and O–H groups in total. The lowest BCUT2D eigenvalue weighted by Crippen LogP contribution is -3.12. The molecule has 0 spiro atoms. The van der Waals surface area contributed by atoms with Gasteiger partial charge in [0, 0.05) is 7.05 Å². The molecule has 0 bridgehead atoms. The van der Waals surface area contributed by atoms with Crippen molar-refractivity contribution in [1.82, 2.24) is 4.90 Å². The lowest BCUT2D eigenvalue weighted by molar-refractivity contribution is -0.886. The zero-order chi connectivity index (χ0) is 12.8. The number of quaternary nitrogens is 1. The predicted molar refractivity (Wildman–Crippen MR) is 68.0 cm³/mol. The third-order valence-electron chi connectivity index (χ3n) is 2.93. The molecular formula is C13H18ClN3O2. The van der Waals surface area contributed by atoms with Gasteiger partial charge < -0.3 is 27.3 Å². The van der Waals surface area contributed by atoms with Crippen molar-refractivity contribution in [3.05, 3.63) is 48.3 Å². The van der Waals surface area contributed by atoms with Crippen LogP contribution in [0.4, 0.5) is 0 Å². The second-order valence-electron chi connectivity index (χ2n) is 4.24. The summed E-state index contributed by atoms with van der Waals surface area (Å²) in [7, 11) is 1.94. The number of benzene rings is 1. The van der Waals surface area contributed by atoms with E-state index in [4.69, 9.17) is 9.94 Å². The van der Waals surface area contributed by atoms with Gasteiger partial charge in [0.1, 0.15) is 12.4 Å². The van der Waals surface area contributed by atoms with Gasteiger partial charge in [-0.3, -0.25) is 4.90 Å². The van der Waals surface area contributed by atoms with E-state index in [0.29, 0.717) is 13.3 Å². The van der Waals surface area contributed by atoms with E-state index in [1.165, 1.54) is 6.21 Å². The molecule has 6 heteroatoms. The van der Waals surface area contributed by atoms with Gasteiger partial charge in [0.15, 0.2) is 6.73 Å². The minimum atomic E-state index is -0.00854. The lowest BCUT2D eigenvalue weighted by atomic mass is 10.2. The molecule has 2 rings (SSSR count). The van der Waals surface area contributed by atoms with Crippen molar-refractivity contribution in [3.8, 4) is 0 Å². The maximum Gasteiger partial charge on any atom is 0.209 e. The highest BCUT2D eigenvalue weighted by Crippen LogP contribution is 2.00. The number of nitrogens with one attached hydrogen (secondary N) is 1. The molecule has 1 aliphatic rings. The third kappa shape index (κ3) is 4.24. The summed E-state index contributed by atoms with van der Waals surface area (Å²) in [6.45, 7) is 1.12. The monoisotopic (exact) mass is 283 g/mol. The second-order valence-corrected chi connectivity index (χ2v) is 4.24. The Kier molecular flexibility index (Phi) is 6.35. The molecule has 0 saturated heterocycles. The zero-order valence-corrected chi connectivity index (χ0v) is 11.5. The minimum absolute atomic E-state index is 0. The highest BCUT2D eigenvalue weighted by atomic mass is 35.5. The van der Waals surface area contributed by atoms with Crippen LogP contribution in [0.2, 0.25) is 0 Å². The molecule has 0 amide bonds. The zero-order valence-electron chi connectivity index (χ0n) is 10.7. The van der Waals surface area contributed by atoms with Crippen molar-refractivity contribution in [2.75, 3.05) is 13.8 Å². The van der Waals surface area contributed by atoms with Gasteiger partial charge in [-0.2, -0.15) is 0 Å². The highest BCUT2D eigenvalue weighted by Gasteiger charge is 2.27. The average molecular weight is 284 g/mol. The molecule has 19 heavy (non-hydrogen) atoms. The molecule has 104 valence electrons. The molecule has 1 heterocycles. The van der Waals surface area contributed by atoms with Crippen LogP contribution in [0.15, 0.2) is 47.9 Å². The van der Waals surface area contributed by atoms with Gasteiger partial charge in [-0.1, -0.05) is 35.5 Å². The van der Waals surface area contributed by atoms with Gasteiger partial charge in [0.25, 0.3) is 0 Å². The summed E-state index contributed by atoms with van der Waals surface area (Å²) in [4.78, 5) is 3.06. The molecule has 0 fully saturated rings. The smallest absolute Gasteiger partial charge is 0.209 e. The summed E-state index contributed by atoms with van der Waals surface area (Å²) in [5.41, 5.74) is 1.15. The van der Waals surface area contributed by atoms with Crippen LogP contribution in [0.5, 0.6) is 0 Å². The van der Waals surface area contributed by atoms with Gasteiger partial charge in [0.2, 0.25) is 6.17 Å². The lowest BCUT2D eigenvalue weighted by Gasteiger charge is -2.21. The predicted octanol–water partition coefficient (Wildman–Crippen LogP) is -2.75. The molecule has 0 aromatic heterocycles. The molecule has 0 aliphatic carbocycles. The van der Waals surface area contributed by atoms with Crippen LogP contribution < -0.4 is 17.3 Å². The fraction of sp³-hybridized carbons (Fsp3) is 0.308. The highest BCUT2D eigenvalue weighted by molar-refractivity contribution is 5.61. The fourth-order valence-electron chi connectivity index (χ4n) is 1.92. The van der Waals surface area contributed by atoms with Crippen LogP contribution >= 0.6 is 0 Å². The second kappa shape index (κ2) is 7.78. The van der Waals surface area contributed by atoms with E-state index < -0.39 is 0 Å². The Labute approximate surface area is 119 Å². The number of ether oxygens (including phenoxy) is 1. The quantitative estimate of drug-likeness (QED) is 0.350. The molecule has 2 atom stereocenters. The molecule has 1 aliphatic heterocycles. The SMILES string of the molecule is CN1C=C[NH+](COCc2ccccc2)C1/C=N\O.[Cl-]. The first-order chi connectivity index (χ1) is 8.81. The summed E-state index contributed by atoms with van der Waals surface area (Å²) in [6.07, 6.45) is 5.44. The Morgan fingerprint density at radius 1 is 1.42 bits per heavy atom. The van der Waals surface area contributed by atoms with Crippen molar-refractivity contribution in [2.24, 2.45) is 5.16 Å². The molecule has 1 aromatic carbocycles. The summed E-state index contributed by atoms with van der Waals surface area (Å²) in [5.74, 6) is 0. The number of nitrogens with zero attached hydrogens (tertiary/aromatic N) is 2. The number of hydrogen-bond acceptors (Lipinski definition) is 4. The third-order valence-corrected chi connectivity index (χ3v) is 2.93. The number of hydrogen-bond donors (Lipinski definition) is 2. The first kappa shape index (κ1) is 15.5. The summed E-state index contributed by atoms with van der Waals surface area (Å²) >= 11 is 0. The molecule has 2 unspecified atom stereocenters. The van der Waals surface area contributed by atoms with Crippen molar-refractivity contribution >= 4 is 6.21 Å². The largest absolute Gasteiger partial charge is 1.00 e. The fourth-order valence-corrected chi connectivity index (χ4v) is 1.92. The summed E-state index contributed by atoms with van der Waals surface area (Å²) < 4.78 is 5.67. The molecule has 5 nitrogen and oxygen atoms in total. The summed E-state index contributed by atoms with van der Waals surface area (Å²) in [5, 5.41) is 11.7. The van der Waals surface area contributed by atoms with E-state index in [0.717, 1.165) is 10.5 Å². The van der Waals surface area contributed by atoms with Crippen LogP contribution in [-0.2, 0) is 11.3 Å². The van der Waals surface area contributed by atoms with Crippen molar-refractivity contribution < 1.29 is 27.3 Å². The van der Waals surface area contributed by atoms with Gasteiger partial charge in [-0.15, -0.1) is 0 Å². The Bertz CT molecular complexity index is 425. The Balaban J connectivity index is 0.00000180. The Morgan fingerprint density at radius 2 is 2.16 bits per heavy atom. The Morgan fingerprint density at radius 3 is 2.84 bits per heavy atom. The van der Waals surface area contributed by atoms with E-state index in [-0.39, 0.29) is 18.6 Å². The summed E-state index contributed by atoms with van der Waals surface area (Å²) in [6, 6.07) is 10.1. The normalized spacial score (nSPS) is 21.8. The maximum absolute atomic E-state index is 8.63. The molecule has 0 saturated carbocycles. The number of rotatable bonds is 5. The van der Waals surface area contributed by atoms with Crippen molar-refractivity contribution in [2.45, 2.75) is 12.8 Å².